The van der Waals surface area contributed by atoms with E-state index in [0.29, 0.717) is 0 Å². The second-order valence-electron chi connectivity index (χ2n) is 5.26. The van der Waals surface area contributed by atoms with E-state index in [1.807, 2.05) is 0 Å². The molecule has 0 heterocycles. The van der Waals surface area contributed by atoms with Crippen molar-refractivity contribution >= 4 is 10.0 Å². The average molecular weight is 223 g/mol. The van der Waals surface area contributed by atoms with Crippen molar-refractivity contribution < 1.29 is 13.5 Å². The van der Waals surface area contributed by atoms with Crippen molar-refractivity contribution in [1.82, 2.24) is 4.72 Å². The summed E-state index contributed by atoms with van der Waals surface area (Å²) in [4.78, 5) is 0. The van der Waals surface area contributed by atoms with Gasteiger partial charge in [-0.3, -0.25) is 0 Å². The molecule has 0 aliphatic rings. The summed E-state index contributed by atoms with van der Waals surface area (Å²) in [5, 5.41) is 8.96. The number of nitrogens with one attached hydrogen (secondary N) is 1. The highest BCUT2D eigenvalue weighted by Gasteiger charge is 2.30. The first-order chi connectivity index (χ1) is 6.02. The van der Waals surface area contributed by atoms with Crippen molar-refractivity contribution in [2.45, 2.75) is 39.4 Å². The Morgan fingerprint density at radius 3 is 1.86 bits per heavy atom. The molecule has 0 saturated heterocycles. The minimum atomic E-state index is -3.30. The molecule has 0 bridgehead atoms. The molecule has 0 rings (SSSR count). The number of rotatable bonds is 4. The quantitative estimate of drug-likeness (QED) is 0.738. The molecule has 5 heteroatoms. The van der Waals surface area contributed by atoms with Crippen LogP contribution in [0.4, 0.5) is 0 Å². The second kappa shape index (κ2) is 4.16. The van der Waals surface area contributed by atoms with Crippen LogP contribution in [-0.4, -0.2) is 31.4 Å². The molecule has 0 aromatic heterocycles. The van der Waals surface area contributed by atoms with Gasteiger partial charge in [0.25, 0.3) is 0 Å². The SMILES string of the molecule is CC(C)(CO)CNS(=O)(=O)C(C)(C)C. The van der Waals surface area contributed by atoms with E-state index in [4.69, 9.17) is 5.11 Å². The third-order valence-electron chi connectivity index (χ3n) is 1.97. The summed E-state index contributed by atoms with van der Waals surface area (Å²) in [7, 11) is -3.30. The molecule has 0 aromatic rings. The fourth-order valence-corrected chi connectivity index (χ4v) is 1.58. The van der Waals surface area contributed by atoms with Crippen molar-refractivity contribution in [2.75, 3.05) is 13.2 Å². The maximum Gasteiger partial charge on any atom is 0.216 e. The van der Waals surface area contributed by atoms with E-state index in [1.165, 1.54) is 0 Å². The van der Waals surface area contributed by atoms with Gasteiger partial charge in [0.1, 0.15) is 0 Å². The number of aliphatic hydroxyl groups excluding tert-OH is 1. The lowest BCUT2D eigenvalue weighted by Crippen LogP contribution is -2.44. The molecule has 0 aliphatic heterocycles. The van der Waals surface area contributed by atoms with E-state index in [2.05, 4.69) is 4.72 Å². The van der Waals surface area contributed by atoms with E-state index in [1.54, 1.807) is 34.6 Å². The minimum Gasteiger partial charge on any atom is -0.396 e. The van der Waals surface area contributed by atoms with Crippen LogP contribution in [0.3, 0.4) is 0 Å². The predicted octanol–water partition coefficient (Wildman–Crippen LogP) is 0.723. The van der Waals surface area contributed by atoms with Crippen LogP contribution in [-0.2, 0) is 10.0 Å². The summed E-state index contributed by atoms with van der Waals surface area (Å²) < 4.78 is 24.9. The Bertz CT molecular complexity index is 275. The van der Waals surface area contributed by atoms with Crippen LogP contribution >= 0.6 is 0 Å². The molecule has 0 saturated carbocycles. The second-order valence-corrected chi connectivity index (χ2v) is 7.78. The van der Waals surface area contributed by atoms with Crippen LogP contribution in [0.1, 0.15) is 34.6 Å². The summed E-state index contributed by atoms with van der Waals surface area (Å²) in [5.74, 6) is 0. The first-order valence-corrected chi connectivity index (χ1v) is 6.10. The molecule has 86 valence electrons. The zero-order valence-electron chi connectivity index (χ0n) is 9.59. The monoisotopic (exact) mass is 223 g/mol. The maximum absolute atomic E-state index is 11.6. The summed E-state index contributed by atoms with van der Waals surface area (Å²) in [6.45, 7) is 8.74. The Morgan fingerprint density at radius 2 is 1.57 bits per heavy atom. The van der Waals surface area contributed by atoms with Crippen LogP contribution in [0.25, 0.3) is 0 Å². The number of hydrogen-bond donors (Lipinski definition) is 2. The highest BCUT2D eigenvalue weighted by Crippen LogP contribution is 2.16. The Morgan fingerprint density at radius 1 is 1.14 bits per heavy atom. The smallest absolute Gasteiger partial charge is 0.216 e. The standard InChI is InChI=1S/C9H21NO3S/c1-8(2,3)14(12,13)10-6-9(4,5)7-11/h10-11H,6-7H2,1-5H3. The van der Waals surface area contributed by atoms with Gasteiger partial charge in [0.2, 0.25) is 10.0 Å². The first-order valence-electron chi connectivity index (χ1n) is 4.62. The van der Waals surface area contributed by atoms with Gasteiger partial charge in [0.15, 0.2) is 0 Å². The normalized spacial score (nSPS) is 14.4. The molecule has 0 radical (unpaired) electrons. The topological polar surface area (TPSA) is 66.4 Å². The Balaban J connectivity index is 4.43. The molecule has 0 unspecified atom stereocenters. The van der Waals surface area contributed by atoms with Crippen LogP contribution in [0, 0.1) is 5.41 Å². The minimum absolute atomic E-state index is 0.0420. The molecule has 0 atom stereocenters. The van der Waals surface area contributed by atoms with Crippen LogP contribution in [0.2, 0.25) is 0 Å². The van der Waals surface area contributed by atoms with Gasteiger partial charge >= 0.3 is 0 Å². The molecule has 0 fully saturated rings. The third-order valence-corrected chi connectivity index (χ3v) is 4.11. The Hall–Kier alpha value is -0.130. The zero-order chi connectivity index (χ0) is 11.6. The zero-order valence-corrected chi connectivity index (χ0v) is 10.4. The molecule has 2 N–H and O–H groups in total. The Labute approximate surface area is 86.8 Å². The lowest BCUT2D eigenvalue weighted by Gasteiger charge is -2.26. The van der Waals surface area contributed by atoms with Gasteiger partial charge in [-0.2, -0.15) is 0 Å². The fourth-order valence-electron chi connectivity index (χ4n) is 0.563. The van der Waals surface area contributed by atoms with E-state index in [9.17, 15) is 8.42 Å². The molecule has 0 spiro atoms. The van der Waals surface area contributed by atoms with Gasteiger partial charge in [-0.15, -0.1) is 0 Å². The molecule has 4 nitrogen and oxygen atoms in total. The van der Waals surface area contributed by atoms with Crippen molar-refractivity contribution in [3.8, 4) is 0 Å². The van der Waals surface area contributed by atoms with Crippen molar-refractivity contribution in [3.63, 3.8) is 0 Å². The van der Waals surface area contributed by atoms with Gasteiger partial charge in [-0.1, -0.05) is 13.8 Å². The molecule has 0 amide bonds. The van der Waals surface area contributed by atoms with Crippen molar-refractivity contribution in [1.29, 1.82) is 0 Å². The average Bonchev–Trinajstić information content (AvgIpc) is 1.99. The molecule has 0 aliphatic carbocycles. The number of hydrogen-bond acceptors (Lipinski definition) is 3. The van der Waals surface area contributed by atoms with E-state index in [-0.39, 0.29) is 13.2 Å². The van der Waals surface area contributed by atoms with Crippen LogP contribution in [0.5, 0.6) is 0 Å². The largest absolute Gasteiger partial charge is 0.396 e. The van der Waals surface area contributed by atoms with Gasteiger partial charge < -0.3 is 5.11 Å². The third kappa shape index (κ3) is 3.94. The summed E-state index contributed by atoms with van der Waals surface area (Å²) in [6.07, 6.45) is 0. The van der Waals surface area contributed by atoms with Crippen molar-refractivity contribution in [2.24, 2.45) is 5.41 Å². The predicted molar refractivity (Wildman–Crippen MR) is 57.5 cm³/mol. The highest BCUT2D eigenvalue weighted by atomic mass is 32.2. The maximum atomic E-state index is 11.6. The van der Waals surface area contributed by atoms with E-state index in [0.717, 1.165) is 0 Å². The number of sulfonamides is 1. The molecule has 0 aromatic carbocycles. The summed E-state index contributed by atoms with van der Waals surface area (Å²) in [6, 6.07) is 0. The van der Waals surface area contributed by atoms with Gasteiger partial charge in [-0.25, -0.2) is 13.1 Å². The van der Waals surface area contributed by atoms with Gasteiger partial charge in [-0.05, 0) is 20.8 Å². The molecular formula is C9H21NO3S. The first kappa shape index (κ1) is 13.9. The van der Waals surface area contributed by atoms with Gasteiger partial charge in [0.05, 0.1) is 4.75 Å². The number of aliphatic hydroxyl groups is 1. The van der Waals surface area contributed by atoms with E-state index < -0.39 is 20.2 Å². The highest BCUT2D eigenvalue weighted by molar-refractivity contribution is 7.90. The molecule has 14 heavy (non-hydrogen) atoms. The summed E-state index contributed by atoms with van der Waals surface area (Å²) in [5.41, 5.74) is -0.418. The van der Waals surface area contributed by atoms with Crippen molar-refractivity contribution in [3.05, 3.63) is 0 Å². The van der Waals surface area contributed by atoms with Crippen LogP contribution in [0.15, 0.2) is 0 Å². The van der Waals surface area contributed by atoms with Crippen LogP contribution < -0.4 is 4.72 Å². The fraction of sp³-hybridized carbons (Fsp3) is 1.00. The summed E-state index contributed by atoms with van der Waals surface area (Å²) >= 11 is 0. The lowest BCUT2D eigenvalue weighted by atomic mass is 9.96. The molecular weight excluding hydrogens is 202 g/mol. The van der Waals surface area contributed by atoms with Gasteiger partial charge in [0, 0.05) is 18.6 Å². The van der Waals surface area contributed by atoms with E-state index >= 15 is 0 Å². The Kier molecular flexibility index (Phi) is 4.12. The lowest BCUT2D eigenvalue weighted by molar-refractivity contribution is 0.163.